The van der Waals surface area contributed by atoms with Crippen molar-refractivity contribution in [1.82, 2.24) is 19.6 Å². The summed E-state index contributed by atoms with van der Waals surface area (Å²) in [7, 11) is 1.71. The van der Waals surface area contributed by atoms with Gasteiger partial charge in [-0.2, -0.15) is 10.2 Å². The maximum atomic E-state index is 12.4. The van der Waals surface area contributed by atoms with Crippen LogP contribution in [0.15, 0.2) is 18.5 Å². The van der Waals surface area contributed by atoms with Gasteiger partial charge in [-0.1, -0.05) is 19.3 Å². The van der Waals surface area contributed by atoms with Crippen molar-refractivity contribution in [3.63, 3.8) is 0 Å². The highest BCUT2D eigenvalue weighted by Gasteiger charge is 2.23. The molecule has 1 aliphatic carbocycles. The van der Waals surface area contributed by atoms with Crippen molar-refractivity contribution >= 4 is 23.3 Å². The molecule has 0 spiro atoms. The molecule has 3 rings (SSSR count). The summed E-state index contributed by atoms with van der Waals surface area (Å²) in [5.41, 5.74) is 0.867. The third kappa shape index (κ3) is 4.12. The minimum atomic E-state index is -0.331. The van der Waals surface area contributed by atoms with Crippen molar-refractivity contribution in [3.8, 4) is 0 Å². The predicted molar refractivity (Wildman–Crippen MR) is 99.0 cm³/mol. The van der Waals surface area contributed by atoms with Gasteiger partial charge in [-0.25, -0.2) is 0 Å². The molecule has 0 radical (unpaired) electrons. The van der Waals surface area contributed by atoms with Crippen LogP contribution >= 0.6 is 0 Å². The fourth-order valence-corrected chi connectivity index (χ4v) is 3.17. The van der Waals surface area contributed by atoms with Gasteiger partial charge in [0, 0.05) is 31.3 Å². The molecule has 0 unspecified atom stereocenters. The molecule has 8 heteroatoms. The standard InChI is InChI=1S/C18H26N6O2/c1-12(2)24-11-14(10-19-24)20-18(26)15-9-16(23(3)22-15)21-17(25)13-7-5-4-6-8-13/h9-13H,4-8H2,1-3H3,(H,20,26)(H,21,25). The SMILES string of the molecule is CC(C)n1cc(NC(=O)c2cc(NC(=O)C3CCCCC3)n(C)n2)cn1. The molecule has 2 amide bonds. The lowest BCUT2D eigenvalue weighted by atomic mass is 9.89. The minimum Gasteiger partial charge on any atom is -0.318 e. The largest absolute Gasteiger partial charge is 0.318 e. The van der Waals surface area contributed by atoms with Crippen LogP contribution < -0.4 is 10.6 Å². The monoisotopic (exact) mass is 358 g/mol. The van der Waals surface area contributed by atoms with Gasteiger partial charge >= 0.3 is 0 Å². The molecule has 8 nitrogen and oxygen atoms in total. The summed E-state index contributed by atoms with van der Waals surface area (Å²) >= 11 is 0. The average Bonchev–Trinajstić information content (AvgIpc) is 3.23. The van der Waals surface area contributed by atoms with E-state index in [1.807, 2.05) is 13.8 Å². The first-order chi connectivity index (χ1) is 12.4. The Kier molecular flexibility index (Phi) is 5.39. The van der Waals surface area contributed by atoms with Gasteiger partial charge in [-0.15, -0.1) is 0 Å². The molecule has 0 bridgehead atoms. The van der Waals surface area contributed by atoms with Gasteiger partial charge in [0.1, 0.15) is 5.82 Å². The van der Waals surface area contributed by atoms with E-state index in [1.54, 1.807) is 30.2 Å². The van der Waals surface area contributed by atoms with E-state index < -0.39 is 0 Å². The van der Waals surface area contributed by atoms with Crippen LogP contribution in [0.2, 0.25) is 0 Å². The number of rotatable bonds is 5. The van der Waals surface area contributed by atoms with Crippen LogP contribution in [0.1, 0.15) is 62.5 Å². The van der Waals surface area contributed by atoms with Crippen LogP contribution in [-0.4, -0.2) is 31.4 Å². The molecule has 0 saturated heterocycles. The Labute approximate surface area is 152 Å². The summed E-state index contributed by atoms with van der Waals surface area (Å²) in [5, 5.41) is 14.1. The van der Waals surface area contributed by atoms with E-state index >= 15 is 0 Å². The number of carbonyl (C=O) groups is 2. The Hall–Kier alpha value is -2.64. The van der Waals surface area contributed by atoms with Crippen molar-refractivity contribution in [2.75, 3.05) is 10.6 Å². The fourth-order valence-electron chi connectivity index (χ4n) is 3.17. The second-order valence-electron chi connectivity index (χ2n) is 7.12. The summed E-state index contributed by atoms with van der Waals surface area (Å²) < 4.78 is 3.29. The van der Waals surface area contributed by atoms with Crippen molar-refractivity contribution < 1.29 is 9.59 Å². The lowest BCUT2D eigenvalue weighted by Crippen LogP contribution is -2.25. The van der Waals surface area contributed by atoms with Crippen molar-refractivity contribution in [3.05, 3.63) is 24.2 Å². The van der Waals surface area contributed by atoms with E-state index in [9.17, 15) is 9.59 Å². The quantitative estimate of drug-likeness (QED) is 0.859. The predicted octanol–water partition coefficient (Wildman–Crippen LogP) is 2.97. The van der Waals surface area contributed by atoms with Crippen LogP contribution in [-0.2, 0) is 11.8 Å². The summed E-state index contributed by atoms with van der Waals surface area (Å²) in [6.07, 6.45) is 8.63. The second-order valence-corrected chi connectivity index (χ2v) is 7.12. The summed E-state index contributed by atoms with van der Waals surface area (Å²) in [4.78, 5) is 24.8. The van der Waals surface area contributed by atoms with Gasteiger partial charge in [-0.3, -0.25) is 19.0 Å². The Morgan fingerprint density at radius 2 is 1.92 bits per heavy atom. The highest BCUT2D eigenvalue weighted by Crippen LogP contribution is 2.25. The van der Waals surface area contributed by atoms with Crippen molar-refractivity contribution in [2.24, 2.45) is 13.0 Å². The van der Waals surface area contributed by atoms with Crippen LogP contribution in [0.3, 0.4) is 0 Å². The normalized spacial score (nSPS) is 15.2. The number of aromatic nitrogens is 4. The van der Waals surface area contributed by atoms with Crippen LogP contribution in [0.25, 0.3) is 0 Å². The van der Waals surface area contributed by atoms with Gasteiger partial charge < -0.3 is 10.6 Å². The molecule has 1 saturated carbocycles. The molecule has 2 N–H and O–H groups in total. The number of hydrogen-bond acceptors (Lipinski definition) is 4. The van der Waals surface area contributed by atoms with Gasteiger partial charge in [0.15, 0.2) is 5.69 Å². The number of hydrogen-bond donors (Lipinski definition) is 2. The molecule has 0 aliphatic heterocycles. The average molecular weight is 358 g/mol. The van der Waals surface area contributed by atoms with E-state index in [4.69, 9.17) is 0 Å². The molecule has 1 aliphatic rings. The number of nitrogens with one attached hydrogen (secondary N) is 2. The van der Waals surface area contributed by atoms with E-state index in [-0.39, 0.29) is 29.5 Å². The number of nitrogens with zero attached hydrogens (tertiary/aromatic N) is 4. The Bertz CT molecular complexity index is 785. The molecular weight excluding hydrogens is 332 g/mol. The molecule has 140 valence electrons. The summed E-state index contributed by atoms with van der Waals surface area (Å²) in [6, 6.07) is 1.82. The molecule has 0 aromatic carbocycles. The zero-order valence-corrected chi connectivity index (χ0v) is 15.5. The topological polar surface area (TPSA) is 93.8 Å². The molecule has 0 atom stereocenters. The smallest absolute Gasteiger partial charge is 0.276 e. The van der Waals surface area contributed by atoms with Crippen LogP contribution in [0.5, 0.6) is 0 Å². The zero-order valence-electron chi connectivity index (χ0n) is 15.5. The first-order valence-corrected chi connectivity index (χ1v) is 9.14. The van der Waals surface area contributed by atoms with E-state index in [1.165, 1.54) is 11.1 Å². The zero-order chi connectivity index (χ0) is 18.7. The lowest BCUT2D eigenvalue weighted by molar-refractivity contribution is -0.120. The van der Waals surface area contributed by atoms with Crippen LogP contribution in [0, 0.1) is 5.92 Å². The Morgan fingerprint density at radius 3 is 2.58 bits per heavy atom. The molecule has 2 aromatic heterocycles. The molecule has 26 heavy (non-hydrogen) atoms. The van der Waals surface area contributed by atoms with Gasteiger partial charge in [0.25, 0.3) is 5.91 Å². The van der Waals surface area contributed by atoms with Gasteiger partial charge in [-0.05, 0) is 26.7 Å². The minimum absolute atomic E-state index is 0.0119. The summed E-state index contributed by atoms with van der Waals surface area (Å²) in [5.74, 6) is 0.265. The van der Waals surface area contributed by atoms with E-state index in [0.717, 1.165) is 25.7 Å². The third-order valence-corrected chi connectivity index (χ3v) is 4.73. The maximum Gasteiger partial charge on any atom is 0.276 e. The Morgan fingerprint density at radius 1 is 1.19 bits per heavy atom. The molecular formula is C18H26N6O2. The molecule has 2 heterocycles. The number of aryl methyl sites for hydroxylation is 1. The number of anilines is 2. The molecule has 2 aromatic rings. The van der Waals surface area contributed by atoms with Gasteiger partial charge in [0.05, 0.1) is 11.9 Å². The van der Waals surface area contributed by atoms with E-state index in [2.05, 4.69) is 20.8 Å². The highest BCUT2D eigenvalue weighted by molar-refractivity contribution is 6.03. The third-order valence-electron chi connectivity index (χ3n) is 4.73. The Balaban J connectivity index is 1.64. The second kappa shape index (κ2) is 7.72. The van der Waals surface area contributed by atoms with Crippen molar-refractivity contribution in [2.45, 2.75) is 52.0 Å². The van der Waals surface area contributed by atoms with Gasteiger partial charge in [0.2, 0.25) is 5.91 Å². The highest BCUT2D eigenvalue weighted by atomic mass is 16.2. The fraction of sp³-hybridized carbons (Fsp3) is 0.556. The number of carbonyl (C=O) groups excluding carboxylic acids is 2. The van der Waals surface area contributed by atoms with Crippen LogP contribution in [0.4, 0.5) is 11.5 Å². The van der Waals surface area contributed by atoms with Crippen molar-refractivity contribution in [1.29, 1.82) is 0 Å². The maximum absolute atomic E-state index is 12.4. The summed E-state index contributed by atoms with van der Waals surface area (Å²) in [6.45, 7) is 4.03. The lowest BCUT2D eigenvalue weighted by Gasteiger charge is -2.20. The number of amides is 2. The van der Waals surface area contributed by atoms with E-state index in [0.29, 0.717) is 11.5 Å². The molecule has 1 fully saturated rings. The first kappa shape index (κ1) is 18.2. The first-order valence-electron chi connectivity index (χ1n) is 9.14.